The van der Waals surface area contributed by atoms with Crippen LogP contribution in [-0.2, 0) is 0 Å². The van der Waals surface area contributed by atoms with Gasteiger partial charge in [0.15, 0.2) is 0 Å². The summed E-state index contributed by atoms with van der Waals surface area (Å²) < 4.78 is 5.84. The van der Waals surface area contributed by atoms with Crippen molar-refractivity contribution in [3.63, 3.8) is 0 Å². The Morgan fingerprint density at radius 3 is 2.76 bits per heavy atom. The predicted octanol–water partition coefficient (Wildman–Crippen LogP) is 4.54. The molecule has 1 radical (unpaired) electrons. The van der Waals surface area contributed by atoms with Crippen molar-refractivity contribution in [1.82, 2.24) is 0 Å². The Bertz CT molecular complexity index is 834. The van der Waals surface area contributed by atoms with E-state index in [1.807, 2.05) is 36.4 Å². The Balaban J connectivity index is 2.38. The van der Waals surface area contributed by atoms with Crippen molar-refractivity contribution in [2.75, 3.05) is 0 Å². The van der Waals surface area contributed by atoms with Crippen molar-refractivity contribution in [2.45, 2.75) is 0 Å². The van der Waals surface area contributed by atoms with Crippen molar-refractivity contribution >= 4 is 32.7 Å². The number of furan rings is 1. The van der Waals surface area contributed by atoms with Crippen LogP contribution >= 0.6 is 0 Å². The molecule has 0 atom stereocenters. The maximum absolute atomic E-state index is 5.84. The standard InChI is InChI=1S/C16H9O/c1-2-6-12-11(5-1)9-10-15-16(12)13-7-3-4-8-14(13)17-15/h1-5,7-10H. The van der Waals surface area contributed by atoms with Crippen LogP contribution < -0.4 is 0 Å². The third-order valence-electron chi connectivity index (χ3n) is 3.18. The quantitative estimate of drug-likeness (QED) is 0.421. The maximum atomic E-state index is 5.84. The summed E-state index contributed by atoms with van der Waals surface area (Å²) in [5.41, 5.74) is 1.87. The summed E-state index contributed by atoms with van der Waals surface area (Å²) in [5, 5.41) is 4.66. The molecule has 0 aliphatic heterocycles. The molecular weight excluding hydrogens is 208 g/mol. The molecule has 0 amide bonds. The number of hydrogen-bond donors (Lipinski definition) is 0. The number of para-hydroxylation sites is 1. The molecule has 3 aromatic carbocycles. The molecule has 79 valence electrons. The summed E-state index contributed by atoms with van der Waals surface area (Å²) in [6.45, 7) is 0. The highest BCUT2D eigenvalue weighted by atomic mass is 16.3. The van der Waals surface area contributed by atoms with Crippen molar-refractivity contribution in [3.05, 3.63) is 60.7 Å². The summed E-state index contributed by atoms with van der Waals surface area (Å²) in [6.07, 6.45) is 0. The molecule has 1 heterocycles. The molecule has 0 bridgehead atoms. The van der Waals surface area contributed by atoms with E-state index in [2.05, 4.69) is 24.3 Å². The number of rotatable bonds is 0. The van der Waals surface area contributed by atoms with Gasteiger partial charge in [0.25, 0.3) is 0 Å². The minimum atomic E-state index is 0.932. The van der Waals surface area contributed by atoms with E-state index in [4.69, 9.17) is 4.42 Å². The first-order valence-electron chi connectivity index (χ1n) is 5.64. The second-order valence-corrected chi connectivity index (χ2v) is 4.17. The highest BCUT2D eigenvalue weighted by molar-refractivity contribution is 6.18. The molecule has 1 heteroatoms. The number of fused-ring (bicyclic) bond motifs is 5. The van der Waals surface area contributed by atoms with E-state index >= 15 is 0 Å². The minimum absolute atomic E-state index is 0.932. The second kappa shape index (κ2) is 3.11. The zero-order valence-corrected chi connectivity index (χ0v) is 9.10. The third-order valence-corrected chi connectivity index (χ3v) is 3.18. The molecule has 0 aliphatic carbocycles. The fourth-order valence-corrected chi connectivity index (χ4v) is 2.41. The van der Waals surface area contributed by atoms with Gasteiger partial charge in [0.05, 0.1) is 0 Å². The Hall–Kier alpha value is -2.28. The van der Waals surface area contributed by atoms with Crippen LogP contribution in [0.3, 0.4) is 0 Å². The predicted molar refractivity (Wildman–Crippen MR) is 70.1 cm³/mol. The van der Waals surface area contributed by atoms with E-state index in [1.54, 1.807) is 0 Å². The van der Waals surface area contributed by atoms with Gasteiger partial charge in [-0.2, -0.15) is 0 Å². The monoisotopic (exact) mass is 217 g/mol. The molecule has 1 nitrogen and oxygen atoms in total. The Morgan fingerprint density at radius 1 is 0.824 bits per heavy atom. The molecule has 0 saturated carbocycles. The van der Waals surface area contributed by atoms with Crippen LogP contribution in [0.15, 0.2) is 59.0 Å². The smallest absolute Gasteiger partial charge is 0.136 e. The molecular formula is C16H9O. The fraction of sp³-hybridized carbons (Fsp3) is 0. The van der Waals surface area contributed by atoms with Crippen LogP contribution in [0.5, 0.6) is 0 Å². The van der Waals surface area contributed by atoms with E-state index in [-0.39, 0.29) is 0 Å². The van der Waals surface area contributed by atoms with Gasteiger partial charge in [-0.3, -0.25) is 0 Å². The Kier molecular flexibility index (Phi) is 1.61. The lowest BCUT2D eigenvalue weighted by atomic mass is 10.0. The SMILES string of the molecule is [c]1cccc2ccc3oc4ccccc4c3c12. The van der Waals surface area contributed by atoms with Gasteiger partial charge in [-0.1, -0.05) is 42.5 Å². The molecule has 0 N–H and O–H groups in total. The summed E-state index contributed by atoms with van der Waals surface area (Å²) in [7, 11) is 0. The lowest BCUT2D eigenvalue weighted by molar-refractivity contribution is 0.669. The third kappa shape index (κ3) is 1.14. The van der Waals surface area contributed by atoms with Crippen molar-refractivity contribution in [3.8, 4) is 0 Å². The van der Waals surface area contributed by atoms with Crippen LogP contribution in [-0.4, -0.2) is 0 Å². The van der Waals surface area contributed by atoms with E-state index in [0.717, 1.165) is 21.9 Å². The first-order valence-corrected chi connectivity index (χ1v) is 5.64. The summed E-state index contributed by atoms with van der Waals surface area (Å²) >= 11 is 0. The molecule has 4 rings (SSSR count). The topological polar surface area (TPSA) is 13.1 Å². The maximum Gasteiger partial charge on any atom is 0.136 e. The zero-order valence-electron chi connectivity index (χ0n) is 9.10. The van der Waals surface area contributed by atoms with E-state index in [9.17, 15) is 0 Å². The lowest BCUT2D eigenvalue weighted by Crippen LogP contribution is -1.73. The highest BCUT2D eigenvalue weighted by Crippen LogP contribution is 2.33. The van der Waals surface area contributed by atoms with Gasteiger partial charge in [-0.15, -0.1) is 0 Å². The average Bonchev–Trinajstić information content (AvgIpc) is 2.77. The second-order valence-electron chi connectivity index (χ2n) is 4.17. The molecule has 0 spiro atoms. The molecule has 0 unspecified atom stereocenters. The molecule has 1 aromatic heterocycles. The lowest BCUT2D eigenvalue weighted by Gasteiger charge is -1.97. The molecule has 0 saturated heterocycles. The molecule has 4 aromatic rings. The number of benzene rings is 3. The summed E-state index contributed by atoms with van der Waals surface area (Å²) in [6, 6.07) is 21.6. The van der Waals surface area contributed by atoms with Gasteiger partial charge in [0.1, 0.15) is 11.2 Å². The highest BCUT2D eigenvalue weighted by Gasteiger charge is 2.08. The van der Waals surface area contributed by atoms with E-state index < -0.39 is 0 Å². The van der Waals surface area contributed by atoms with Gasteiger partial charge < -0.3 is 4.42 Å². The summed E-state index contributed by atoms with van der Waals surface area (Å²) in [4.78, 5) is 0. The van der Waals surface area contributed by atoms with Gasteiger partial charge >= 0.3 is 0 Å². The van der Waals surface area contributed by atoms with Gasteiger partial charge in [0.2, 0.25) is 0 Å². The largest absolute Gasteiger partial charge is 0.456 e. The molecule has 0 fully saturated rings. The average molecular weight is 217 g/mol. The van der Waals surface area contributed by atoms with Crippen molar-refractivity contribution in [2.24, 2.45) is 0 Å². The number of hydrogen-bond acceptors (Lipinski definition) is 1. The first kappa shape index (κ1) is 8.82. The van der Waals surface area contributed by atoms with Crippen LogP contribution in [0.25, 0.3) is 32.7 Å². The Morgan fingerprint density at radius 2 is 1.76 bits per heavy atom. The first-order chi connectivity index (χ1) is 8.43. The normalized spacial score (nSPS) is 11.5. The van der Waals surface area contributed by atoms with Crippen molar-refractivity contribution in [1.29, 1.82) is 0 Å². The van der Waals surface area contributed by atoms with Crippen LogP contribution in [0.1, 0.15) is 0 Å². The zero-order chi connectivity index (χ0) is 11.2. The molecule has 17 heavy (non-hydrogen) atoms. The van der Waals surface area contributed by atoms with Gasteiger partial charge in [0, 0.05) is 16.2 Å². The van der Waals surface area contributed by atoms with Crippen molar-refractivity contribution < 1.29 is 4.42 Å². The molecule has 0 aliphatic rings. The minimum Gasteiger partial charge on any atom is -0.456 e. The van der Waals surface area contributed by atoms with Crippen LogP contribution in [0.4, 0.5) is 0 Å². The van der Waals surface area contributed by atoms with Crippen LogP contribution in [0.2, 0.25) is 0 Å². The van der Waals surface area contributed by atoms with Crippen LogP contribution in [0, 0.1) is 6.07 Å². The fourth-order valence-electron chi connectivity index (χ4n) is 2.41. The van der Waals surface area contributed by atoms with Gasteiger partial charge in [-0.05, 0) is 23.6 Å². The van der Waals surface area contributed by atoms with Gasteiger partial charge in [-0.25, -0.2) is 0 Å². The summed E-state index contributed by atoms with van der Waals surface area (Å²) in [5.74, 6) is 0. The van der Waals surface area contributed by atoms with E-state index in [1.165, 1.54) is 10.8 Å². The Labute approximate surface area is 98.3 Å². The van der Waals surface area contributed by atoms with E-state index in [0.29, 0.717) is 0 Å².